The fraction of sp³-hybridized carbons (Fsp3) is 0.500. The number of H-pyrrole nitrogens is 1. The van der Waals surface area contributed by atoms with E-state index in [-0.39, 0.29) is 28.7 Å². The largest absolute Gasteiger partial charge is 0.381 e. The first kappa shape index (κ1) is 28.2. The third-order valence-electron chi connectivity index (χ3n) is 7.57. The van der Waals surface area contributed by atoms with Gasteiger partial charge < -0.3 is 30.0 Å². The molecule has 0 bridgehead atoms. The van der Waals surface area contributed by atoms with Crippen LogP contribution in [0.25, 0.3) is 11.0 Å². The molecular weight excluding hydrogens is 530 g/mol. The molecule has 0 radical (unpaired) electrons. The quantitative estimate of drug-likeness (QED) is 0.219. The first-order valence-corrected chi connectivity index (χ1v) is 15.6. The number of nitrogens with zero attached hydrogens (tertiary/aromatic N) is 2. The van der Waals surface area contributed by atoms with E-state index < -0.39 is 10.1 Å². The van der Waals surface area contributed by atoms with Crippen molar-refractivity contribution in [3.8, 4) is 5.75 Å². The number of fused-ring (bicyclic) bond motifs is 1. The van der Waals surface area contributed by atoms with Crippen molar-refractivity contribution >= 4 is 38.8 Å². The number of nitrogens with one attached hydrogen (secondary N) is 5. The predicted molar refractivity (Wildman–Crippen MR) is 156 cm³/mol. The molecule has 0 spiro atoms. The zero-order valence-electron chi connectivity index (χ0n) is 22.9. The van der Waals surface area contributed by atoms with Crippen LogP contribution >= 0.6 is 0 Å². The van der Waals surface area contributed by atoms with Crippen LogP contribution < -0.4 is 25.5 Å². The number of piperidine rings is 1. The summed E-state index contributed by atoms with van der Waals surface area (Å²) < 4.78 is 31.3. The van der Waals surface area contributed by atoms with Gasteiger partial charge in [-0.3, -0.25) is 5.32 Å². The van der Waals surface area contributed by atoms with Crippen molar-refractivity contribution in [2.75, 3.05) is 43.4 Å². The summed E-state index contributed by atoms with van der Waals surface area (Å²) in [7, 11) is -4.04. The van der Waals surface area contributed by atoms with Gasteiger partial charge in [0.1, 0.15) is 10.6 Å². The van der Waals surface area contributed by atoms with Gasteiger partial charge in [0.15, 0.2) is 0 Å². The number of hydrogen-bond acceptors (Lipinski definition) is 8. The van der Waals surface area contributed by atoms with Crippen molar-refractivity contribution in [3.63, 3.8) is 0 Å². The van der Waals surface area contributed by atoms with E-state index in [1.54, 1.807) is 42.5 Å². The normalized spacial score (nSPS) is 18.9. The predicted octanol–water partition coefficient (Wildman–Crippen LogP) is 3.88. The standard InChI is InChI=1S/C28H39N7O4S/c1-2-23(24-7-6-14-29-24)31-20-8-11-22(12-9-20)40(37,38)39-21-10-13-25-26(19-21)33-27(32-25)34-28(36)30-15-18-35-16-4-3-5-17-35/h8-13,19,23-24,29,31H,2-7,14-18H2,1H3,(H3,30,32,33,34,36). The third-order valence-corrected chi connectivity index (χ3v) is 8.83. The summed E-state index contributed by atoms with van der Waals surface area (Å²) in [6.45, 7) is 6.70. The molecule has 5 rings (SSSR count). The molecule has 5 N–H and O–H groups in total. The third kappa shape index (κ3) is 7.23. The molecule has 2 aromatic carbocycles. The summed E-state index contributed by atoms with van der Waals surface area (Å²) in [5, 5.41) is 12.6. The highest BCUT2D eigenvalue weighted by molar-refractivity contribution is 7.87. The van der Waals surface area contributed by atoms with Crippen molar-refractivity contribution in [2.45, 2.75) is 62.4 Å². The maximum absolute atomic E-state index is 13.0. The molecule has 40 heavy (non-hydrogen) atoms. The van der Waals surface area contributed by atoms with Crippen LogP contribution in [0.15, 0.2) is 47.4 Å². The Kier molecular flexibility index (Phi) is 9.08. The number of aromatic amines is 1. The van der Waals surface area contributed by atoms with Crippen LogP contribution in [0, 0.1) is 0 Å². The molecule has 2 unspecified atom stereocenters. The van der Waals surface area contributed by atoms with E-state index in [1.165, 1.54) is 25.7 Å². The molecule has 2 aliphatic heterocycles. The summed E-state index contributed by atoms with van der Waals surface area (Å²) in [6, 6.07) is 11.7. The van der Waals surface area contributed by atoms with Crippen LogP contribution in [0.5, 0.6) is 5.75 Å². The van der Waals surface area contributed by atoms with Crippen LogP contribution in [0.4, 0.5) is 16.4 Å². The minimum absolute atomic E-state index is 0.0679. The summed E-state index contributed by atoms with van der Waals surface area (Å²) in [6.07, 6.45) is 6.97. The highest BCUT2D eigenvalue weighted by atomic mass is 32.2. The van der Waals surface area contributed by atoms with Crippen molar-refractivity contribution in [3.05, 3.63) is 42.5 Å². The number of aromatic nitrogens is 2. The molecule has 2 amide bonds. The highest BCUT2D eigenvalue weighted by Crippen LogP contribution is 2.25. The summed E-state index contributed by atoms with van der Waals surface area (Å²) in [5.41, 5.74) is 1.99. The fourth-order valence-corrected chi connectivity index (χ4v) is 6.33. The molecule has 2 atom stereocenters. The lowest BCUT2D eigenvalue weighted by Gasteiger charge is -2.26. The number of likely N-dealkylation sites (tertiary alicyclic amines) is 1. The number of hydrogen-bond donors (Lipinski definition) is 5. The van der Waals surface area contributed by atoms with Gasteiger partial charge in [-0.15, -0.1) is 0 Å². The van der Waals surface area contributed by atoms with Crippen LogP contribution in [-0.4, -0.2) is 74.1 Å². The Balaban J connectivity index is 1.16. The van der Waals surface area contributed by atoms with Gasteiger partial charge in [0.05, 0.1) is 11.0 Å². The van der Waals surface area contributed by atoms with Gasteiger partial charge in [0.2, 0.25) is 5.95 Å². The Morgan fingerprint density at radius 2 is 1.93 bits per heavy atom. The lowest BCUT2D eigenvalue weighted by molar-refractivity contribution is 0.224. The molecular formula is C28H39N7O4S. The van der Waals surface area contributed by atoms with Crippen LogP contribution in [0.2, 0.25) is 0 Å². The molecule has 0 saturated carbocycles. The van der Waals surface area contributed by atoms with Crippen LogP contribution in [0.3, 0.4) is 0 Å². The number of carbonyl (C=O) groups excluding carboxylic acids is 1. The van der Waals surface area contributed by atoms with Crippen LogP contribution in [-0.2, 0) is 10.1 Å². The number of amides is 2. The number of carbonyl (C=O) groups is 1. The molecule has 3 heterocycles. The van der Waals surface area contributed by atoms with E-state index in [0.29, 0.717) is 23.6 Å². The van der Waals surface area contributed by atoms with E-state index in [1.807, 2.05) is 0 Å². The monoisotopic (exact) mass is 569 g/mol. The zero-order chi connectivity index (χ0) is 28.0. The van der Waals surface area contributed by atoms with E-state index in [9.17, 15) is 13.2 Å². The molecule has 12 heteroatoms. The van der Waals surface area contributed by atoms with E-state index in [0.717, 1.165) is 44.7 Å². The molecule has 2 aliphatic rings. The highest BCUT2D eigenvalue weighted by Gasteiger charge is 2.23. The minimum Gasteiger partial charge on any atom is -0.381 e. The SMILES string of the molecule is CCC(Nc1ccc(S(=O)(=O)Oc2ccc3nc(NC(=O)NCCN4CCCCC4)[nH]c3c2)cc1)C1CCCN1. The van der Waals surface area contributed by atoms with E-state index >= 15 is 0 Å². The molecule has 3 aromatic rings. The lowest BCUT2D eigenvalue weighted by Crippen LogP contribution is -2.39. The summed E-state index contributed by atoms with van der Waals surface area (Å²) in [5.74, 6) is 0.418. The lowest BCUT2D eigenvalue weighted by atomic mass is 10.0. The van der Waals surface area contributed by atoms with Gasteiger partial charge in [0, 0.05) is 36.9 Å². The van der Waals surface area contributed by atoms with Gasteiger partial charge in [0.25, 0.3) is 0 Å². The van der Waals surface area contributed by atoms with Gasteiger partial charge in [-0.25, -0.2) is 9.78 Å². The second-order valence-corrected chi connectivity index (χ2v) is 12.0. The number of urea groups is 1. The summed E-state index contributed by atoms with van der Waals surface area (Å²) >= 11 is 0. The maximum Gasteiger partial charge on any atom is 0.339 e. The Morgan fingerprint density at radius 3 is 2.65 bits per heavy atom. The van der Waals surface area contributed by atoms with E-state index in [2.05, 4.69) is 43.1 Å². The zero-order valence-corrected chi connectivity index (χ0v) is 23.7. The second-order valence-electron chi connectivity index (χ2n) is 10.5. The molecule has 216 valence electrons. The molecule has 0 aliphatic carbocycles. The first-order chi connectivity index (χ1) is 19.4. The van der Waals surface area contributed by atoms with E-state index in [4.69, 9.17) is 4.18 Å². The smallest absolute Gasteiger partial charge is 0.339 e. The Hall–Kier alpha value is -3.35. The van der Waals surface area contributed by atoms with Gasteiger partial charge in [-0.1, -0.05) is 13.3 Å². The van der Waals surface area contributed by atoms with Crippen molar-refractivity contribution in [1.29, 1.82) is 0 Å². The topological polar surface area (TPSA) is 140 Å². The fourth-order valence-electron chi connectivity index (χ4n) is 5.41. The molecule has 2 saturated heterocycles. The number of anilines is 2. The average molecular weight is 570 g/mol. The van der Waals surface area contributed by atoms with Gasteiger partial charge in [-0.05, 0) is 88.1 Å². The Labute approximate surface area is 235 Å². The summed E-state index contributed by atoms with van der Waals surface area (Å²) in [4.78, 5) is 22.1. The first-order valence-electron chi connectivity index (χ1n) is 14.2. The second kappa shape index (κ2) is 12.9. The molecule has 11 nitrogen and oxygen atoms in total. The van der Waals surface area contributed by atoms with Crippen LogP contribution in [0.1, 0.15) is 45.4 Å². The van der Waals surface area contributed by atoms with Crippen molar-refractivity contribution in [1.82, 2.24) is 25.5 Å². The Morgan fingerprint density at radius 1 is 1.12 bits per heavy atom. The number of benzene rings is 2. The van der Waals surface area contributed by atoms with Crippen molar-refractivity contribution in [2.24, 2.45) is 0 Å². The Bertz CT molecular complexity index is 1380. The molecule has 1 aromatic heterocycles. The van der Waals surface area contributed by atoms with Gasteiger partial charge >= 0.3 is 16.1 Å². The number of imidazole rings is 1. The van der Waals surface area contributed by atoms with Crippen molar-refractivity contribution < 1.29 is 17.4 Å². The molecule has 2 fully saturated rings. The number of rotatable bonds is 11. The minimum atomic E-state index is -4.04. The maximum atomic E-state index is 13.0. The van der Waals surface area contributed by atoms with Gasteiger partial charge in [-0.2, -0.15) is 8.42 Å². The average Bonchev–Trinajstić information content (AvgIpc) is 3.62.